The number of halogens is 1. The van der Waals surface area contributed by atoms with Gasteiger partial charge in [-0.1, -0.05) is 23.7 Å². The average Bonchev–Trinajstić information content (AvgIpc) is 2.83. The van der Waals surface area contributed by atoms with Gasteiger partial charge in [-0.3, -0.25) is 9.69 Å². The summed E-state index contributed by atoms with van der Waals surface area (Å²) in [5.41, 5.74) is 1.66. The second-order valence-electron chi connectivity index (χ2n) is 6.62. The van der Waals surface area contributed by atoms with Crippen LogP contribution in [0.3, 0.4) is 0 Å². The number of ether oxygens (including phenoxy) is 1. The highest BCUT2D eigenvalue weighted by molar-refractivity contribution is 6.31. The number of nitrogens with zero attached hydrogens (tertiary/aromatic N) is 3. The summed E-state index contributed by atoms with van der Waals surface area (Å²) < 4.78 is 6.09. The van der Waals surface area contributed by atoms with Crippen molar-refractivity contribution in [3.8, 4) is 11.5 Å². The van der Waals surface area contributed by atoms with Crippen LogP contribution in [0.15, 0.2) is 47.5 Å². The van der Waals surface area contributed by atoms with Crippen LogP contribution in [0.2, 0.25) is 5.02 Å². The second kappa shape index (κ2) is 7.58. The fourth-order valence-corrected chi connectivity index (χ4v) is 3.54. The first kappa shape index (κ1) is 17.8. The lowest BCUT2D eigenvalue weighted by molar-refractivity contribution is -0.137. The summed E-state index contributed by atoms with van der Waals surface area (Å²) in [6, 6.07) is 13.3. The molecule has 4 rings (SSSR count). The number of carbonyl (C=O) groups is 1. The Balaban J connectivity index is 1.62. The van der Waals surface area contributed by atoms with Crippen molar-refractivity contribution >= 4 is 29.1 Å². The van der Waals surface area contributed by atoms with Crippen LogP contribution >= 0.6 is 11.6 Å². The molecular formula is C20H20ClN3O3. The Bertz CT molecular complexity index is 892. The molecule has 6 nitrogen and oxygen atoms in total. The maximum absolute atomic E-state index is 10.8. The normalized spacial score (nSPS) is 16.6. The summed E-state index contributed by atoms with van der Waals surface area (Å²) in [7, 11) is 0. The number of para-hydroxylation sites is 2. The van der Waals surface area contributed by atoms with Gasteiger partial charge in [0.25, 0.3) is 0 Å². The maximum Gasteiger partial charge on any atom is 0.304 e. The van der Waals surface area contributed by atoms with Gasteiger partial charge in [-0.05, 0) is 30.3 Å². The second-order valence-corrected chi connectivity index (χ2v) is 7.05. The Kier molecular flexibility index (Phi) is 5.01. The Hall–Kier alpha value is -2.57. The minimum atomic E-state index is -0.761. The predicted molar refractivity (Wildman–Crippen MR) is 104 cm³/mol. The standard InChI is InChI=1S/C20H20ClN3O3/c21-14-5-6-17-15(13-14)20(22-16-3-1-2-4-18(16)27-17)24-11-9-23(10-12-24)8-7-19(25)26/h1-6,13H,7-12H2,(H,25,26). The van der Waals surface area contributed by atoms with Gasteiger partial charge in [-0.2, -0.15) is 0 Å². The highest BCUT2D eigenvalue weighted by atomic mass is 35.5. The molecule has 1 N–H and O–H groups in total. The molecule has 2 aliphatic rings. The van der Waals surface area contributed by atoms with Gasteiger partial charge >= 0.3 is 5.97 Å². The van der Waals surface area contributed by atoms with E-state index in [9.17, 15) is 4.79 Å². The highest BCUT2D eigenvalue weighted by Gasteiger charge is 2.26. The molecule has 0 saturated carbocycles. The molecule has 2 aromatic carbocycles. The van der Waals surface area contributed by atoms with Gasteiger partial charge in [0.05, 0.1) is 12.0 Å². The Morgan fingerprint density at radius 2 is 1.89 bits per heavy atom. The van der Waals surface area contributed by atoms with Crippen molar-refractivity contribution in [3.63, 3.8) is 0 Å². The van der Waals surface area contributed by atoms with Crippen molar-refractivity contribution in [1.82, 2.24) is 9.80 Å². The Morgan fingerprint density at radius 3 is 2.67 bits per heavy atom. The molecule has 0 amide bonds. The van der Waals surface area contributed by atoms with Gasteiger partial charge in [0, 0.05) is 37.7 Å². The highest BCUT2D eigenvalue weighted by Crippen LogP contribution is 2.38. The zero-order valence-corrected chi connectivity index (χ0v) is 15.5. The molecule has 0 spiro atoms. The molecule has 0 unspecified atom stereocenters. The molecular weight excluding hydrogens is 366 g/mol. The summed E-state index contributed by atoms with van der Waals surface area (Å²) in [6.45, 7) is 3.71. The summed E-state index contributed by atoms with van der Waals surface area (Å²) in [6.07, 6.45) is 0.167. The fraction of sp³-hybridized carbons (Fsp3) is 0.300. The van der Waals surface area contributed by atoms with Gasteiger partial charge in [0.1, 0.15) is 17.3 Å². The van der Waals surface area contributed by atoms with Crippen LogP contribution < -0.4 is 4.74 Å². The number of aliphatic imine (C=N–C) groups is 1. The number of amidine groups is 1. The topological polar surface area (TPSA) is 65.4 Å². The molecule has 0 atom stereocenters. The zero-order chi connectivity index (χ0) is 18.8. The van der Waals surface area contributed by atoms with Crippen molar-refractivity contribution in [1.29, 1.82) is 0 Å². The van der Waals surface area contributed by atoms with Crippen molar-refractivity contribution in [2.45, 2.75) is 6.42 Å². The number of benzene rings is 2. The number of aliphatic carboxylic acids is 1. The molecule has 140 valence electrons. The lowest BCUT2D eigenvalue weighted by Crippen LogP contribution is -2.49. The van der Waals surface area contributed by atoms with Crippen LogP contribution in [0.1, 0.15) is 12.0 Å². The largest absolute Gasteiger partial charge is 0.481 e. The third kappa shape index (κ3) is 3.91. The molecule has 0 radical (unpaired) electrons. The molecule has 2 heterocycles. The molecule has 2 aromatic rings. The number of piperazine rings is 1. The molecule has 0 aromatic heterocycles. The SMILES string of the molecule is O=C(O)CCN1CCN(C2=Nc3ccccc3Oc3ccc(Cl)cc32)CC1. The van der Waals surface area contributed by atoms with Gasteiger partial charge < -0.3 is 14.7 Å². The number of fused-ring (bicyclic) bond motifs is 2. The third-order valence-corrected chi connectivity index (χ3v) is 5.04. The van der Waals surface area contributed by atoms with E-state index in [1.54, 1.807) is 0 Å². The van der Waals surface area contributed by atoms with Crippen molar-refractivity contribution < 1.29 is 14.6 Å². The predicted octanol–water partition coefficient (Wildman–Crippen LogP) is 3.62. The fourth-order valence-electron chi connectivity index (χ4n) is 3.37. The number of hydrogen-bond donors (Lipinski definition) is 1. The number of hydrogen-bond acceptors (Lipinski definition) is 5. The molecule has 27 heavy (non-hydrogen) atoms. The lowest BCUT2D eigenvalue weighted by Gasteiger charge is -2.36. The molecule has 0 bridgehead atoms. The van der Waals surface area contributed by atoms with E-state index in [1.165, 1.54) is 0 Å². The van der Waals surface area contributed by atoms with Crippen LogP contribution in [-0.4, -0.2) is 59.4 Å². The summed E-state index contributed by atoms with van der Waals surface area (Å²) in [5, 5.41) is 9.51. The molecule has 2 aliphatic heterocycles. The van der Waals surface area contributed by atoms with Crippen LogP contribution in [-0.2, 0) is 4.79 Å². The van der Waals surface area contributed by atoms with Gasteiger partial charge in [0.15, 0.2) is 5.75 Å². The summed E-state index contributed by atoms with van der Waals surface area (Å²) in [5.74, 6) is 1.53. The van der Waals surface area contributed by atoms with Crippen molar-refractivity contribution in [2.75, 3.05) is 32.7 Å². The van der Waals surface area contributed by atoms with Crippen molar-refractivity contribution in [3.05, 3.63) is 53.1 Å². The van der Waals surface area contributed by atoms with E-state index in [4.69, 9.17) is 26.4 Å². The zero-order valence-electron chi connectivity index (χ0n) is 14.8. The number of carboxylic acid groups (broad SMARTS) is 1. The summed E-state index contributed by atoms with van der Waals surface area (Å²) in [4.78, 5) is 20.1. The first-order valence-electron chi connectivity index (χ1n) is 8.95. The Morgan fingerprint density at radius 1 is 1.11 bits per heavy atom. The first-order chi connectivity index (χ1) is 13.1. The van der Waals surface area contributed by atoms with E-state index in [-0.39, 0.29) is 6.42 Å². The van der Waals surface area contributed by atoms with Crippen LogP contribution in [0.5, 0.6) is 11.5 Å². The lowest BCUT2D eigenvalue weighted by atomic mass is 10.1. The van der Waals surface area contributed by atoms with E-state index in [0.717, 1.165) is 54.8 Å². The van der Waals surface area contributed by atoms with E-state index < -0.39 is 5.97 Å². The quantitative estimate of drug-likeness (QED) is 0.874. The van der Waals surface area contributed by atoms with Crippen LogP contribution in [0, 0.1) is 0 Å². The maximum atomic E-state index is 10.8. The van der Waals surface area contributed by atoms with Crippen molar-refractivity contribution in [2.24, 2.45) is 4.99 Å². The smallest absolute Gasteiger partial charge is 0.304 e. The third-order valence-electron chi connectivity index (χ3n) is 4.81. The van der Waals surface area contributed by atoms with E-state index in [2.05, 4.69) is 9.80 Å². The Labute approximate surface area is 162 Å². The van der Waals surface area contributed by atoms with E-state index >= 15 is 0 Å². The molecule has 0 aliphatic carbocycles. The van der Waals surface area contributed by atoms with Gasteiger partial charge in [-0.25, -0.2) is 4.99 Å². The number of carboxylic acids is 1. The summed E-state index contributed by atoms with van der Waals surface area (Å²) >= 11 is 6.25. The monoisotopic (exact) mass is 385 g/mol. The van der Waals surface area contributed by atoms with E-state index in [0.29, 0.717) is 11.6 Å². The molecule has 1 saturated heterocycles. The average molecular weight is 386 g/mol. The molecule has 1 fully saturated rings. The number of rotatable bonds is 3. The minimum Gasteiger partial charge on any atom is -0.481 e. The van der Waals surface area contributed by atoms with Crippen LogP contribution in [0.25, 0.3) is 0 Å². The minimum absolute atomic E-state index is 0.167. The van der Waals surface area contributed by atoms with E-state index in [1.807, 2.05) is 42.5 Å². The molecule has 7 heteroatoms. The van der Waals surface area contributed by atoms with Gasteiger partial charge in [0.2, 0.25) is 0 Å². The van der Waals surface area contributed by atoms with Gasteiger partial charge in [-0.15, -0.1) is 0 Å². The first-order valence-corrected chi connectivity index (χ1v) is 9.32. The van der Waals surface area contributed by atoms with Crippen LogP contribution in [0.4, 0.5) is 5.69 Å².